The Morgan fingerprint density at radius 3 is 1.81 bits per heavy atom. The fraction of sp³-hybridized carbons (Fsp3) is 0.0714. The van der Waals surface area contributed by atoms with Gasteiger partial charge in [-0.05, 0) is 0 Å². The molecule has 0 amide bonds. The number of fused-ring (bicyclic) bond motifs is 2. The van der Waals surface area contributed by atoms with E-state index in [1.165, 1.54) is 16.3 Å². The van der Waals surface area contributed by atoms with E-state index >= 15 is 0 Å². The first-order valence-corrected chi connectivity index (χ1v) is 6.60. The van der Waals surface area contributed by atoms with Crippen molar-refractivity contribution in [2.75, 3.05) is 0 Å². The number of hydrogen-bond acceptors (Lipinski definition) is 1. The van der Waals surface area contributed by atoms with Gasteiger partial charge in [0.15, 0.2) is 0 Å². The molecule has 0 unspecified atom stereocenters. The second-order valence-corrected chi connectivity index (χ2v) is 4.45. The normalized spacial score (nSPS) is 11.1. The van der Waals surface area contributed by atoms with Crippen LogP contribution >= 0.6 is 0 Å². The van der Waals surface area contributed by atoms with Crippen LogP contribution in [0.5, 0.6) is 0 Å². The Labute approximate surface area is 102 Å². The molecule has 78 valence electrons. The molecule has 1 aromatic heterocycles. The monoisotopic (exact) mass is 273 g/mol. The van der Waals surface area contributed by atoms with Gasteiger partial charge in [-0.25, -0.2) is 0 Å². The summed E-state index contributed by atoms with van der Waals surface area (Å²) in [5.74, 6) is 0. The minimum atomic E-state index is 0.983. The Morgan fingerprint density at radius 2 is 1.31 bits per heavy atom. The Hall–Kier alpha value is -1.37. The molecule has 1 heterocycles. The number of benzene rings is 2. The third-order valence-corrected chi connectivity index (χ3v) is 3.52. The number of aromatic nitrogens is 1. The molecule has 2 aromatic carbocycles. The molecule has 0 saturated heterocycles. The van der Waals surface area contributed by atoms with Crippen molar-refractivity contribution < 1.29 is 0 Å². The van der Waals surface area contributed by atoms with Gasteiger partial charge in [-0.15, -0.1) is 0 Å². The van der Waals surface area contributed by atoms with Crippen LogP contribution in [0.15, 0.2) is 48.5 Å². The van der Waals surface area contributed by atoms with E-state index < -0.39 is 0 Å². The van der Waals surface area contributed by atoms with Crippen LogP contribution in [0.1, 0.15) is 5.56 Å². The molecule has 3 rings (SSSR count). The van der Waals surface area contributed by atoms with E-state index in [-0.39, 0.29) is 0 Å². The molecule has 0 N–H and O–H groups in total. The fourth-order valence-electron chi connectivity index (χ4n) is 2.10. The van der Waals surface area contributed by atoms with Crippen molar-refractivity contribution in [1.29, 1.82) is 0 Å². The molecule has 0 bridgehead atoms. The number of para-hydroxylation sites is 2. The first-order valence-electron chi connectivity index (χ1n) is 5.27. The van der Waals surface area contributed by atoms with Crippen LogP contribution in [-0.2, 0) is 5.32 Å². The third kappa shape index (κ3) is 1.42. The quantitative estimate of drug-likeness (QED) is 0.490. The summed E-state index contributed by atoms with van der Waals surface area (Å²) in [6.07, 6.45) is 0. The summed E-state index contributed by atoms with van der Waals surface area (Å²) in [4.78, 5) is 4.68. The second-order valence-electron chi connectivity index (χ2n) is 3.78. The van der Waals surface area contributed by atoms with Crippen molar-refractivity contribution in [1.82, 2.24) is 4.98 Å². The van der Waals surface area contributed by atoms with Crippen molar-refractivity contribution in [2.45, 2.75) is 5.32 Å². The van der Waals surface area contributed by atoms with Gasteiger partial charge >= 0.3 is 102 Å². The van der Waals surface area contributed by atoms with Crippen LogP contribution in [0.25, 0.3) is 21.8 Å². The summed E-state index contributed by atoms with van der Waals surface area (Å²) in [6, 6.07) is 16.7. The van der Waals surface area contributed by atoms with E-state index in [1.54, 1.807) is 0 Å². The summed E-state index contributed by atoms with van der Waals surface area (Å²) < 4.78 is 0. The Morgan fingerprint density at radius 1 is 0.812 bits per heavy atom. The molecule has 0 radical (unpaired) electrons. The van der Waals surface area contributed by atoms with E-state index in [4.69, 9.17) is 0 Å². The third-order valence-electron chi connectivity index (χ3n) is 2.86. The summed E-state index contributed by atoms with van der Waals surface area (Å²) in [6.45, 7) is 0. The fourth-order valence-corrected chi connectivity index (χ4v) is 2.81. The van der Waals surface area contributed by atoms with Gasteiger partial charge < -0.3 is 0 Å². The van der Waals surface area contributed by atoms with Crippen molar-refractivity contribution in [3.8, 4) is 0 Å². The van der Waals surface area contributed by atoms with Gasteiger partial charge in [0.1, 0.15) is 0 Å². The molecule has 0 saturated carbocycles. The number of pyridine rings is 1. The average Bonchev–Trinajstić information content (AvgIpc) is 2.36. The molecule has 0 aliphatic rings. The Kier molecular flexibility index (Phi) is 2.39. The van der Waals surface area contributed by atoms with Gasteiger partial charge in [-0.2, -0.15) is 0 Å². The molecule has 0 aliphatic heterocycles. The van der Waals surface area contributed by atoms with Crippen LogP contribution in [-0.4, -0.2) is 21.0 Å². The van der Waals surface area contributed by atoms with Gasteiger partial charge in [-0.3, -0.25) is 0 Å². The topological polar surface area (TPSA) is 12.9 Å². The molecule has 0 aliphatic carbocycles. The SMILES string of the molecule is [SeH]Cc1c2ccccc2nc2ccccc12. The average molecular weight is 272 g/mol. The van der Waals surface area contributed by atoms with E-state index in [0.29, 0.717) is 0 Å². The van der Waals surface area contributed by atoms with Crippen LogP contribution in [0, 0.1) is 0 Å². The zero-order valence-corrected chi connectivity index (χ0v) is 10.6. The standard InChI is InChI=1S/C14H11NSe/c16-9-12-10-5-1-3-7-13(10)15-14-8-4-2-6-11(12)14/h1-8,16H,9H2. The minimum absolute atomic E-state index is 0.983. The molecule has 3 aromatic rings. The molecular formula is C14H11NSe. The zero-order chi connectivity index (χ0) is 11.0. The predicted octanol–water partition coefficient (Wildman–Crippen LogP) is 2.79. The molecule has 0 fully saturated rings. The van der Waals surface area contributed by atoms with Crippen LogP contribution < -0.4 is 0 Å². The van der Waals surface area contributed by atoms with Gasteiger partial charge in [0.05, 0.1) is 0 Å². The van der Waals surface area contributed by atoms with Crippen molar-refractivity contribution >= 4 is 37.8 Å². The zero-order valence-electron chi connectivity index (χ0n) is 8.72. The van der Waals surface area contributed by atoms with Crippen LogP contribution in [0.4, 0.5) is 0 Å². The maximum absolute atomic E-state index is 4.68. The number of nitrogens with zero attached hydrogens (tertiary/aromatic N) is 1. The first-order chi connectivity index (χ1) is 7.90. The Bertz CT molecular complexity index is 607. The predicted molar refractivity (Wildman–Crippen MR) is 70.1 cm³/mol. The summed E-state index contributed by atoms with van der Waals surface area (Å²) in [7, 11) is 0. The number of rotatable bonds is 1. The molecule has 1 nitrogen and oxygen atoms in total. The van der Waals surface area contributed by atoms with Crippen LogP contribution in [0.3, 0.4) is 0 Å². The van der Waals surface area contributed by atoms with Gasteiger partial charge in [0, 0.05) is 0 Å². The summed E-state index contributed by atoms with van der Waals surface area (Å²) in [5, 5.41) is 3.51. The van der Waals surface area contributed by atoms with Crippen molar-refractivity contribution in [3.05, 3.63) is 54.1 Å². The van der Waals surface area contributed by atoms with Gasteiger partial charge in [0.25, 0.3) is 0 Å². The molecular weight excluding hydrogens is 261 g/mol. The van der Waals surface area contributed by atoms with Crippen molar-refractivity contribution in [2.24, 2.45) is 0 Å². The number of hydrogen-bond donors (Lipinski definition) is 0. The van der Waals surface area contributed by atoms with Crippen LogP contribution in [0.2, 0.25) is 0 Å². The molecule has 16 heavy (non-hydrogen) atoms. The van der Waals surface area contributed by atoms with E-state index in [1.807, 2.05) is 12.1 Å². The second kappa shape index (κ2) is 3.89. The molecule has 0 spiro atoms. The van der Waals surface area contributed by atoms with Gasteiger partial charge in [0.2, 0.25) is 0 Å². The maximum atomic E-state index is 4.68. The van der Waals surface area contributed by atoms with E-state index in [9.17, 15) is 0 Å². The first kappa shape index (κ1) is 9.83. The molecule has 2 heteroatoms. The van der Waals surface area contributed by atoms with Gasteiger partial charge in [-0.1, -0.05) is 0 Å². The summed E-state index contributed by atoms with van der Waals surface area (Å²) >= 11 is 2.66. The molecule has 0 atom stereocenters. The van der Waals surface area contributed by atoms with E-state index in [0.717, 1.165) is 16.4 Å². The van der Waals surface area contributed by atoms with Crippen molar-refractivity contribution in [3.63, 3.8) is 0 Å². The Balaban J connectivity index is 2.56. The summed E-state index contributed by atoms with van der Waals surface area (Å²) in [5.41, 5.74) is 3.55. The van der Waals surface area contributed by atoms with E-state index in [2.05, 4.69) is 57.4 Å².